The summed E-state index contributed by atoms with van der Waals surface area (Å²) < 4.78 is 0. The van der Waals surface area contributed by atoms with E-state index in [0.717, 1.165) is 29.5 Å². The monoisotopic (exact) mass is 363 g/mol. The Bertz CT molecular complexity index is 795. The molecule has 0 spiro atoms. The normalized spacial score (nSPS) is 20.1. The van der Waals surface area contributed by atoms with Gasteiger partial charge in [-0.3, -0.25) is 0 Å². The van der Waals surface area contributed by atoms with Crippen molar-refractivity contribution in [2.45, 2.75) is 59.1 Å². The summed E-state index contributed by atoms with van der Waals surface area (Å²) in [4.78, 5) is 22.3. The van der Waals surface area contributed by atoms with Crippen molar-refractivity contribution in [2.24, 2.45) is 11.3 Å². The van der Waals surface area contributed by atoms with Gasteiger partial charge in [0.2, 0.25) is 0 Å². The zero-order valence-corrected chi connectivity index (χ0v) is 15.9. The zero-order chi connectivity index (χ0) is 18.4. The number of carboxylic acids is 1. The van der Waals surface area contributed by atoms with Crippen LogP contribution in [0.2, 0.25) is 0 Å². The minimum absolute atomic E-state index is 0.265. The van der Waals surface area contributed by atoms with E-state index in [4.69, 9.17) is 0 Å². The Morgan fingerprint density at radius 2 is 2.12 bits per heavy atom. The van der Waals surface area contributed by atoms with Crippen molar-refractivity contribution in [1.29, 1.82) is 0 Å². The molecule has 2 heterocycles. The number of aliphatic carboxylic acids is 1. The van der Waals surface area contributed by atoms with Crippen LogP contribution in [-0.4, -0.2) is 38.3 Å². The van der Waals surface area contributed by atoms with E-state index in [1.54, 1.807) is 11.3 Å². The van der Waals surface area contributed by atoms with E-state index in [9.17, 15) is 15.0 Å². The fraction of sp³-hybridized carbons (Fsp3) is 0.611. The summed E-state index contributed by atoms with van der Waals surface area (Å²) in [7, 11) is 0. The second kappa shape index (κ2) is 6.53. The highest BCUT2D eigenvalue weighted by Gasteiger charge is 2.32. The molecule has 3 rings (SSSR count). The first-order valence-corrected chi connectivity index (χ1v) is 9.42. The molecule has 0 radical (unpaired) electrons. The minimum Gasteiger partial charge on any atom is -0.480 e. The van der Waals surface area contributed by atoms with E-state index >= 15 is 0 Å². The van der Waals surface area contributed by atoms with Crippen molar-refractivity contribution in [2.75, 3.05) is 5.32 Å². The Balaban J connectivity index is 2.00. The first kappa shape index (κ1) is 18.1. The number of carboxylic acid groups (broad SMARTS) is 1. The van der Waals surface area contributed by atoms with Crippen LogP contribution in [0.15, 0.2) is 6.33 Å². The summed E-state index contributed by atoms with van der Waals surface area (Å²) >= 11 is 1.68. The van der Waals surface area contributed by atoms with E-state index in [-0.39, 0.29) is 5.41 Å². The second-order valence-corrected chi connectivity index (χ2v) is 9.00. The van der Waals surface area contributed by atoms with Crippen molar-refractivity contribution in [3.05, 3.63) is 16.8 Å². The van der Waals surface area contributed by atoms with Gasteiger partial charge in [0.1, 0.15) is 17.0 Å². The molecule has 0 aliphatic heterocycles. The van der Waals surface area contributed by atoms with Crippen LogP contribution in [0.4, 0.5) is 5.82 Å². The summed E-state index contributed by atoms with van der Waals surface area (Å²) in [6.07, 6.45) is 3.51. The van der Waals surface area contributed by atoms with Crippen molar-refractivity contribution >= 4 is 33.3 Å². The van der Waals surface area contributed by atoms with Gasteiger partial charge in [0.15, 0.2) is 6.04 Å². The summed E-state index contributed by atoms with van der Waals surface area (Å²) in [6, 6.07) is -1.10. The van der Waals surface area contributed by atoms with Crippen LogP contribution in [-0.2, 0) is 17.6 Å². The standard InChI is InChI=1S/C18H25N3O3S/c1-9(22)14(17(23)24)21-15-13-11-6-5-10(18(2,3)4)7-12(11)25-16(13)20-8-19-15/h8-10,14,22H,5-7H2,1-4H3,(H,23,24)(H,19,20,21). The van der Waals surface area contributed by atoms with Gasteiger partial charge in [0, 0.05) is 4.88 Å². The Morgan fingerprint density at radius 3 is 2.72 bits per heavy atom. The molecule has 0 aromatic carbocycles. The average Bonchev–Trinajstić information content (AvgIpc) is 2.89. The maximum absolute atomic E-state index is 11.4. The van der Waals surface area contributed by atoms with Crippen LogP contribution in [0.25, 0.3) is 10.2 Å². The fourth-order valence-electron chi connectivity index (χ4n) is 3.49. The third-order valence-electron chi connectivity index (χ3n) is 5.11. The Hall–Kier alpha value is -1.73. The molecule has 0 fully saturated rings. The summed E-state index contributed by atoms with van der Waals surface area (Å²) in [5, 5.41) is 22.9. The predicted octanol–water partition coefficient (Wildman–Crippen LogP) is 3.09. The van der Waals surface area contributed by atoms with E-state index in [1.165, 1.54) is 23.7 Å². The molecule has 25 heavy (non-hydrogen) atoms. The third kappa shape index (κ3) is 3.48. The number of hydrogen-bond acceptors (Lipinski definition) is 6. The summed E-state index contributed by atoms with van der Waals surface area (Å²) in [6.45, 7) is 8.30. The molecule has 1 aliphatic rings. The SMILES string of the molecule is CC(O)C(Nc1ncnc2sc3c(c12)CCC(C(C)(C)C)C3)C(=O)O. The van der Waals surface area contributed by atoms with Crippen LogP contribution in [0.5, 0.6) is 0 Å². The molecule has 136 valence electrons. The van der Waals surface area contributed by atoms with Crippen molar-refractivity contribution in [3.63, 3.8) is 0 Å². The lowest BCUT2D eigenvalue weighted by atomic mass is 9.72. The maximum atomic E-state index is 11.4. The highest BCUT2D eigenvalue weighted by atomic mass is 32.1. The number of aryl methyl sites for hydroxylation is 1. The van der Waals surface area contributed by atoms with Crippen LogP contribution < -0.4 is 5.32 Å². The van der Waals surface area contributed by atoms with E-state index < -0.39 is 18.1 Å². The van der Waals surface area contributed by atoms with Gasteiger partial charge in [0.25, 0.3) is 0 Å². The first-order chi connectivity index (χ1) is 11.7. The average molecular weight is 363 g/mol. The number of rotatable bonds is 4. The second-order valence-electron chi connectivity index (χ2n) is 7.91. The molecule has 0 amide bonds. The van der Waals surface area contributed by atoms with E-state index in [0.29, 0.717) is 11.7 Å². The number of nitrogens with zero attached hydrogens (tertiary/aromatic N) is 2. The molecule has 2 aromatic heterocycles. The molecular weight excluding hydrogens is 338 g/mol. The molecule has 3 atom stereocenters. The molecule has 0 bridgehead atoms. The van der Waals surface area contributed by atoms with E-state index in [1.807, 2.05) is 0 Å². The van der Waals surface area contributed by atoms with Crippen LogP contribution >= 0.6 is 11.3 Å². The smallest absolute Gasteiger partial charge is 0.328 e. The lowest BCUT2D eigenvalue weighted by Crippen LogP contribution is -2.39. The van der Waals surface area contributed by atoms with Crippen LogP contribution in [0, 0.1) is 11.3 Å². The molecule has 0 saturated carbocycles. The molecule has 3 N–H and O–H groups in total. The zero-order valence-electron chi connectivity index (χ0n) is 15.0. The highest BCUT2D eigenvalue weighted by molar-refractivity contribution is 7.19. The van der Waals surface area contributed by atoms with Gasteiger partial charge in [0.05, 0.1) is 11.5 Å². The number of aromatic nitrogens is 2. The number of aliphatic hydroxyl groups excluding tert-OH is 1. The first-order valence-electron chi connectivity index (χ1n) is 8.61. The van der Waals surface area contributed by atoms with Gasteiger partial charge in [-0.1, -0.05) is 20.8 Å². The van der Waals surface area contributed by atoms with Crippen molar-refractivity contribution < 1.29 is 15.0 Å². The van der Waals surface area contributed by atoms with Crippen LogP contribution in [0.3, 0.4) is 0 Å². The summed E-state index contributed by atoms with van der Waals surface area (Å²) in [5.74, 6) is 0.0327. The van der Waals surface area contributed by atoms with Gasteiger partial charge >= 0.3 is 5.97 Å². The molecule has 7 heteroatoms. The van der Waals surface area contributed by atoms with Gasteiger partial charge in [-0.2, -0.15) is 0 Å². The highest BCUT2D eigenvalue weighted by Crippen LogP contribution is 2.44. The Kier molecular flexibility index (Phi) is 4.72. The molecule has 3 unspecified atom stereocenters. The Labute approximate surface area is 151 Å². The van der Waals surface area contributed by atoms with Gasteiger partial charge in [-0.15, -0.1) is 11.3 Å². The quantitative estimate of drug-likeness (QED) is 0.773. The van der Waals surface area contributed by atoms with Crippen molar-refractivity contribution in [1.82, 2.24) is 9.97 Å². The number of carbonyl (C=O) groups is 1. The largest absolute Gasteiger partial charge is 0.480 e. The third-order valence-corrected chi connectivity index (χ3v) is 6.27. The van der Waals surface area contributed by atoms with Gasteiger partial charge in [-0.05, 0) is 43.1 Å². The lowest BCUT2D eigenvalue weighted by molar-refractivity contribution is -0.140. The van der Waals surface area contributed by atoms with Crippen LogP contribution in [0.1, 0.15) is 44.6 Å². The van der Waals surface area contributed by atoms with Gasteiger partial charge in [-0.25, -0.2) is 14.8 Å². The number of fused-ring (bicyclic) bond motifs is 3. The molecule has 6 nitrogen and oxygen atoms in total. The molecule has 0 saturated heterocycles. The number of thiophene rings is 1. The number of aliphatic hydroxyl groups is 1. The lowest BCUT2D eigenvalue weighted by Gasteiger charge is -2.33. The topological polar surface area (TPSA) is 95.3 Å². The summed E-state index contributed by atoms with van der Waals surface area (Å²) in [5.41, 5.74) is 1.50. The fourth-order valence-corrected chi connectivity index (χ4v) is 4.76. The molecule has 1 aliphatic carbocycles. The molecular formula is C18H25N3O3S. The number of nitrogens with one attached hydrogen (secondary N) is 1. The predicted molar refractivity (Wildman–Crippen MR) is 99.1 cm³/mol. The number of anilines is 1. The number of hydrogen-bond donors (Lipinski definition) is 3. The van der Waals surface area contributed by atoms with E-state index in [2.05, 4.69) is 36.1 Å². The van der Waals surface area contributed by atoms with Crippen molar-refractivity contribution in [3.8, 4) is 0 Å². The van der Waals surface area contributed by atoms with Gasteiger partial charge < -0.3 is 15.5 Å². The molecule has 2 aromatic rings. The minimum atomic E-state index is -1.10. The maximum Gasteiger partial charge on any atom is 0.328 e. The Morgan fingerprint density at radius 1 is 1.40 bits per heavy atom.